The fourth-order valence-corrected chi connectivity index (χ4v) is 5.30. The summed E-state index contributed by atoms with van der Waals surface area (Å²) in [5.74, 6) is 0.639. The van der Waals surface area contributed by atoms with Gasteiger partial charge in [-0.15, -0.1) is 0 Å². The third kappa shape index (κ3) is 6.40. The van der Waals surface area contributed by atoms with Crippen LogP contribution >= 0.6 is 11.3 Å². The number of carbonyl (C=O) groups excluding carboxylic acids is 1. The third-order valence-electron chi connectivity index (χ3n) is 6.18. The summed E-state index contributed by atoms with van der Waals surface area (Å²) in [6, 6.07) is 14.6. The summed E-state index contributed by atoms with van der Waals surface area (Å²) in [5, 5.41) is 0. The van der Waals surface area contributed by atoms with Crippen molar-refractivity contribution in [2.45, 2.75) is 52.7 Å². The Morgan fingerprint density at radius 1 is 1.15 bits per heavy atom. The number of aromatic nitrogens is 1. The van der Waals surface area contributed by atoms with Crippen molar-refractivity contribution in [1.29, 1.82) is 0 Å². The lowest BCUT2D eigenvalue weighted by molar-refractivity contribution is -0.143. The molecule has 4 rings (SSSR count). The minimum absolute atomic E-state index is 0.231. The van der Waals surface area contributed by atoms with Crippen LogP contribution in [-0.2, 0) is 9.53 Å². The third-order valence-corrected chi connectivity index (χ3v) is 7.18. The summed E-state index contributed by atoms with van der Waals surface area (Å²) < 4.78 is 19.2. The minimum atomic E-state index is -0.730. The predicted molar refractivity (Wildman–Crippen MR) is 155 cm³/mol. The van der Waals surface area contributed by atoms with Gasteiger partial charge in [-0.1, -0.05) is 73.2 Å². The summed E-state index contributed by atoms with van der Waals surface area (Å²) in [6.07, 6.45) is 7.19. The Morgan fingerprint density at radius 3 is 2.62 bits per heavy atom. The number of thiazole rings is 1. The largest absolute Gasteiger partial charge is 0.493 e. The van der Waals surface area contributed by atoms with E-state index in [4.69, 9.17) is 14.2 Å². The molecule has 0 bridgehead atoms. The molecule has 0 fully saturated rings. The van der Waals surface area contributed by atoms with E-state index in [9.17, 15) is 9.59 Å². The van der Waals surface area contributed by atoms with E-state index in [0.717, 1.165) is 18.4 Å². The first-order chi connectivity index (χ1) is 18.8. The van der Waals surface area contributed by atoms with E-state index in [0.29, 0.717) is 44.3 Å². The van der Waals surface area contributed by atoms with E-state index in [1.807, 2.05) is 60.7 Å². The first-order valence-corrected chi connectivity index (χ1v) is 13.9. The summed E-state index contributed by atoms with van der Waals surface area (Å²) in [5.41, 5.74) is 2.34. The zero-order valence-electron chi connectivity index (χ0n) is 23.0. The average Bonchev–Trinajstić information content (AvgIpc) is 3.22. The Kier molecular flexibility index (Phi) is 9.19. The number of carbonyl (C=O) groups is 1. The molecule has 0 aliphatic carbocycles. The summed E-state index contributed by atoms with van der Waals surface area (Å²) >= 11 is 1.29. The number of hydrogen-bond donors (Lipinski definition) is 0. The number of unbranched alkanes of at least 4 members (excludes halogenated alkanes) is 1. The topological polar surface area (TPSA) is 79.1 Å². The molecule has 0 N–H and O–H groups in total. The molecule has 1 aliphatic rings. The molecule has 0 saturated carbocycles. The van der Waals surface area contributed by atoms with Crippen LogP contribution in [0.1, 0.15) is 57.7 Å². The van der Waals surface area contributed by atoms with Gasteiger partial charge in [0.2, 0.25) is 0 Å². The van der Waals surface area contributed by atoms with Crippen LogP contribution in [0.3, 0.4) is 0 Å². The molecule has 39 heavy (non-hydrogen) atoms. The number of ether oxygens (including phenoxy) is 3. The molecule has 1 aliphatic heterocycles. The SMILES string of the molecule is CCCCOc1ccc(C2C(C(=O)OC(C)C)=C(C)N=c3sc(=CC=Cc4ccccc4)c(=O)n32)cc1OC. The van der Waals surface area contributed by atoms with Gasteiger partial charge in [-0.2, -0.15) is 0 Å². The van der Waals surface area contributed by atoms with Crippen LogP contribution in [-0.4, -0.2) is 30.4 Å². The monoisotopic (exact) mass is 546 g/mol. The van der Waals surface area contributed by atoms with Gasteiger partial charge in [-0.3, -0.25) is 9.36 Å². The molecule has 204 valence electrons. The van der Waals surface area contributed by atoms with E-state index < -0.39 is 12.0 Å². The molecule has 1 unspecified atom stereocenters. The number of allylic oxidation sites excluding steroid dienone is 2. The van der Waals surface area contributed by atoms with Crippen molar-refractivity contribution in [3.05, 3.63) is 96.7 Å². The molecule has 0 radical (unpaired) electrons. The van der Waals surface area contributed by atoms with Gasteiger partial charge in [0.15, 0.2) is 16.3 Å². The smallest absolute Gasteiger partial charge is 0.338 e. The Hall–Kier alpha value is -3.91. The van der Waals surface area contributed by atoms with Crippen molar-refractivity contribution in [3.8, 4) is 11.5 Å². The molecule has 1 aromatic heterocycles. The molecule has 0 spiro atoms. The highest BCUT2D eigenvalue weighted by atomic mass is 32.1. The zero-order valence-corrected chi connectivity index (χ0v) is 23.8. The van der Waals surface area contributed by atoms with E-state index >= 15 is 0 Å². The molecular formula is C31H34N2O5S. The van der Waals surface area contributed by atoms with Crippen molar-refractivity contribution in [2.75, 3.05) is 13.7 Å². The van der Waals surface area contributed by atoms with Crippen LogP contribution in [0, 0.1) is 0 Å². The second-order valence-corrected chi connectivity index (χ2v) is 10.4. The lowest BCUT2D eigenvalue weighted by atomic mass is 9.95. The minimum Gasteiger partial charge on any atom is -0.493 e. The Morgan fingerprint density at radius 2 is 1.92 bits per heavy atom. The summed E-state index contributed by atoms with van der Waals surface area (Å²) in [4.78, 5) is 32.2. The maximum absolute atomic E-state index is 13.8. The average molecular weight is 547 g/mol. The highest BCUT2D eigenvalue weighted by Gasteiger charge is 2.34. The lowest BCUT2D eigenvalue weighted by Crippen LogP contribution is -2.40. The second kappa shape index (κ2) is 12.8. The Balaban J connectivity index is 1.84. The van der Waals surface area contributed by atoms with Gasteiger partial charge in [-0.05, 0) is 56.5 Å². The van der Waals surface area contributed by atoms with Crippen LogP contribution in [0.15, 0.2) is 75.7 Å². The number of esters is 1. The highest BCUT2D eigenvalue weighted by Crippen LogP contribution is 2.36. The fourth-order valence-electron chi connectivity index (χ4n) is 4.30. The first-order valence-electron chi connectivity index (χ1n) is 13.1. The maximum atomic E-state index is 13.8. The van der Waals surface area contributed by atoms with Gasteiger partial charge >= 0.3 is 5.97 Å². The van der Waals surface area contributed by atoms with E-state index in [1.54, 1.807) is 38.5 Å². The normalized spacial score (nSPS) is 15.4. The summed E-state index contributed by atoms with van der Waals surface area (Å²) in [7, 11) is 1.57. The number of nitrogens with zero attached hydrogens (tertiary/aromatic N) is 2. The molecule has 0 amide bonds. The molecule has 0 saturated heterocycles. The maximum Gasteiger partial charge on any atom is 0.338 e. The van der Waals surface area contributed by atoms with Gasteiger partial charge in [-0.25, -0.2) is 9.79 Å². The first kappa shape index (κ1) is 28.1. The number of benzene rings is 2. The highest BCUT2D eigenvalue weighted by molar-refractivity contribution is 7.07. The molecule has 8 heteroatoms. The molecule has 3 aromatic rings. The quantitative estimate of drug-likeness (QED) is 0.263. The van der Waals surface area contributed by atoms with Crippen LogP contribution < -0.4 is 24.4 Å². The van der Waals surface area contributed by atoms with Crippen LogP contribution in [0.5, 0.6) is 11.5 Å². The Bertz CT molecular complexity index is 1560. The summed E-state index contributed by atoms with van der Waals surface area (Å²) in [6.45, 7) is 8.04. The van der Waals surface area contributed by atoms with Gasteiger partial charge in [0.25, 0.3) is 5.56 Å². The van der Waals surface area contributed by atoms with Crippen molar-refractivity contribution < 1.29 is 19.0 Å². The van der Waals surface area contributed by atoms with Gasteiger partial charge < -0.3 is 14.2 Å². The fraction of sp³-hybridized carbons (Fsp3) is 0.323. The van der Waals surface area contributed by atoms with Gasteiger partial charge in [0, 0.05) is 0 Å². The van der Waals surface area contributed by atoms with E-state index in [-0.39, 0.29) is 11.7 Å². The van der Waals surface area contributed by atoms with Crippen molar-refractivity contribution in [1.82, 2.24) is 4.57 Å². The van der Waals surface area contributed by atoms with Crippen LogP contribution in [0.2, 0.25) is 0 Å². The number of hydrogen-bond acceptors (Lipinski definition) is 7. The van der Waals surface area contributed by atoms with E-state index in [2.05, 4.69) is 11.9 Å². The second-order valence-electron chi connectivity index (χ2n) is 9.44. The van der Waals surface area contributed by atoms with E-state index in [1.165, 1.54) is 11.3 Å². The van der Waals surface area contributed by atoms with Crippen LogP contribution in [0.4, 0.5) is 0 Å². The molecule has 7 nitrogen and oxygen atoms in total. The van der Waals surface area contributed by atoms with Crippen LogP contribution in [0.25, 0.3) is 12.2 Å². The molecule has 2 aromatic carbocycles. The van der Waals surface area contributed by atoms with Crippen molar-refractivity contribution >= 4 is 29.5 Å². The standard InChI is InChI=1S/C31H34N2O5S/c1-6-7-18-37-24-17-16-23(19-25(24)36-5)28-27(30(35)38-20(2)3)21(4)32-31-33(28)29(34)26(39-31)15-11-14-22-12-9-8-10-13-22/h8-17,19-20,28H,6-7,18H2,1-5H3. The van der Waals surface area contributed by atoms with Gasteiger partial charge in [0.05, 0.1) is 41.7 Å². The molecular weight excluding hydrogens is 512 g/mol. The lowest BCUT2D eigenvalue weighted by Gasteiger charge is -2.26. The number of methoxy groups -OCH3 is 1. The number of rotatable bonds is 10. The molecule has 2 heterocycles. The predicted octanol–water partition coefficient (Wildman–Crippen LogP) is 5.04. The molecule has 1 atom stereocenters. The van der Waals surface area contributed by atoms with Crippen molar-refractivity contribution in [2.24, 2.45) is 4.99 Å². The van der Waals surface area contributed by atoms with Crippen molar-refractivity contribution in [3.63, 3.8) is 0 Å². The van der Waals surface area contributed by atoms with Gasteiger partial charge in [0.1, 0.15) is 0 Å². The number of fused-ring (bicyclic) bond motifs is 1. The zero-order chi connectivity index (χ0) is 27.9. The Labute approximate surface area is 232 Å².